The SMILES string of the molecule is C=CC(=O)Nc1cccc(CNc2nc(Nc3cnn(C)c3)ncc2N2CCOCC2)c1. The van der Waals surface area contributed by atoms with Gasteiger partial charge in [0.25, 0.3) is 0 Å². The lowest BCUT2D eigenvalue weighted by Gasteiger charge is -2.30. The van der Waals surface area contributed by atoms with E-state index in [2.05, 4.69) is 37.5 Å². The topological polar surface area (TPSA) is 109 Å². The molecule has 3 heterocycles. The van der Waals surface area contributed by atoms with Crippen LogP contribution in [0.1, 0.15) is 5.56 Å². The first-order chi connectivity index (χ1) is 15.6. The zero-order valence-corrected chi connectivity index (χ0v) is 17.9. The van der Waals surface area contributed by atoms with E-state index >= 15 is 0 Å². The predicted octanol–water partition coefficient (Wildman–Crippen LogP) is 2.53. The van der Waals surface area contributed by atoms with E-state index in [1.54, 1.807) is 10.9 Å². The van der Waals surface area contributed by atoms with E-state index in [9.17, 15) is 4.79 Å². The fraction of sp³-hybridized carbons (Fsp3) is 0.273. The molecule has 0 unspecified atom stereocenters. The number of aryl methyl sites for hydroxylation is 1. The van der Waals surface area contributed by atoms with Gasteiger partial charge < -0.3 is 25.6 Å². The largest absolute Gasteiger partial charge is 0.378 e. The van der Waals surface area contributed by atoms with E-state index in [0.29, 0.717) is 37.2 Å². The maximum atomic E-state index is 11.6. The van der Waals surface area contributed by atoms with Crippen LogP contribution < -0.4 is 20.9 Å². The number of carbonyl (C=O) groups excluding carboxylic acids is 1. The van der Waals surface area contributed by atoms with Gasteiger partial charge in [-0.25, -0.2) is 4.98 Å². The molecule has 1 fully saturated rings. The Kier molecular flexibility index (Phi) is 6.61. The highest BCUT2D eigenvalue weighted by Gasteiger charge is 2.17. The minimum atomic E-state index is -0.244. The normalized spacial score (nSPS) is 13.5. The summed E-state index contributed by atoms with van der Waals surface area (Å²) in [5.41, 5.74) is 3.44. The second-order valence-corrected chi connectivity index (χ2v) is 7.30. The molecule has 1 amide bonds. The maximum absolute atomic E-state index is 11.6. The Morgan fingerprint density at radius 1 is 1.25 bits per heavy atom. The van der Waals surface area contributed by atoms with Gasteiger partial charge >= 0.3 is 0 Å². The maximum Gasteiger partial charge on any atom is 0.247 e. The molecule has 10 nitrogen and oxygen atoms in total. The zero-order chi connectivity index (χ0) is 22.3. The number of benzene rings is 1. The third kappa shape index (κ3) is 5.41. The summed E-state index contributed by atoms with van der Waals surface area (Å²) in [6.45, 7) is 6.89. The molecule has 1 aliphatic heterocycles. The minimum absolute atomic E-state index is 0.244. The van der Waals surface area contributed by atoms with Gasteiger partial charge in [0.1, 0.15) is 0 Å². The van der Waals surface area contributed by atoms with Crippen molar-refractivity contribution < 1.29 is 9.53 Å². The molecule has 1 aromatic carbocycles. The first kappa shape index (κ1) is 21.3. The van der Waals surface area contributed by atoms with E-state index in [0.717, 1.165) is 30.0 Å². The van der Waals surface area contributed by atoms with Crippen LogP contribution in [0.4, 0.5) is 28.8 Å². The number of carbonyl (C=O) groups is 1. The van der Waals surface area contributed by atoms with Gasteiger partial charge in [0.05, 0.1) is 37.0 Å². The molecule has 32 heavy (non-hydrogen) atoms. The Bertz CT molecular complexity index is 1090. The highest BCUT2D eigenvalue weighted by molar-refractivity contribution is 5.98. The first-order valence-electron chi connectivity index (χ1n) is 10.3. The Morgan fingerprint density at radius 3 is 2.84 bits per heavy atom. The molecular weight excluding hydrogens is 408 g/mol. The average Bonchev–Trinajstić information content (AvgIpc) is 3.23. The van der Waals surface area contributed by atoms with Gasteiger partial charge in [-0.1, -0.05) is 18.7 Å². The van der Waals surface area contributed by atoms with Crippen molar-refractivity contribution in [1.29, 1.82) is 0 Å². The summed E-state index contributed by atoms with van der Waals surface area (Å²) in [6.07, 6.45) is 6.64. The van der Waals surface area contributed by atoms with Crippen LogP contribution in [0.3, 0.4) is 0 Å². The summed E-state index contributed by atoms with van der Waals surface area (Å²) in [6, 6.07) is 7.64. The highest BCUT2D eigenvalue weighted by atomic mass is 16.5. The van der Waals surface area contributed by atoms with Gasteiger partial charge in [0.2, 0.25) is 11.9 Å². The molecule has 0 spiro atoms. The molecule has 1 saturated heterocycles. The minimum Gasteiger partial charge on any atom is -0.378 e. The lowest BCUT2D eigenvalue weighted by molar-refractivity contribution is -0.111. The molecule has 2 aromatic heterocycles. The van der Waals surface area contributed by atoms with Crippen molar-refractivity contribution in [2.75, 3.05) is 47.2 Å². The van der Waals surface area contributed by atoms with Crippen LogP contribution in [0.15, 0.2) is 55.5 Å². The Hall–Kier alpha value is -3.92. The number of hydrogen-bond acceptors (Lipinski definition) is 8. The van der Waals surface area contributed by atoms with Crippen molar-refractivity contribution in [1.82, 2.24) is 19.7 Å². The van der Waals surface area contributed by atoms with Crippen molar-refractivity contribution in [2.24, 2.45) is 7.05 Å². The lowest BCUT2D eigenvalue weighted by Crippen LogP contribution is -2.36. The summed E-state index contributed by atoms with van der Waals surface area (Å²) in [4.78, 5) is 23.0. The number of aromatic nitrogens is 4. The number of hydrogen-bond donors (Lipinski definition) is 3. The fourth-order valence-electron chi connectivity index (χ4n) is 3.35. The van der Waals surface area contributed by atoms with Crippen LogP contribution in [-0.4, -0.2) is 52.0 Å². The molecule has 4 rings (SSSR count). The van der Waals surface area contributed by atoms with E-state index < -0.39 is 0 Å². The predicted molar refractivity (Wildman–Crippen MR) is 124 cm³/mol. The summed E-state index contributed by atoms with van der Waals surface area (Å²) in [5, 5.41) is 13.6. The monoisotopic (exact) mass is 434 g/mol. The van der Waals surface area contributed by atoms with Crippen molar-refractivity contribution >= 4 is 34.7 Å². The number of nitrogens with zero attached hydrogens (tertiary/aromatic N) is 5. The molecule has 0 bridgehead atoms. The van der Waals surface area contributed by atoms with Crippen LogP contribution in [0.2, 0.25) is 0 Å². The van der Waals surface area contributed by atoms with Crippen LogP contribution >= 0.6 is 0 Å². The fourth-order valence-corrected chi connectivity index (χ4v) is 3.35. The number of ether oxygens (including phenoxy) is 1. The zero-order valence-electron chi connectivity index (χ0n) is 17.9. The van der Waals surface area contributed by atoms with E-state index in [-0.39, 0.29) is 5.91 Å². The van der Waals surface area contributed by atoms with Gasteiger partial charge in [-0.05, 0) is 23.8 Å². The Balaban J connectivity index is 1.54. The van der Waals surface area contributed by atoms with E-state index in [4.69, 9.17) is 9.72 Å². The number of nitrogens with one attached hydrogen (secondary N) is 3. The summed E-state index contributed by atoms with van der Waals surface area (Å²) < 4.78 is 7.19. The molecule has 3 aromatic rings. The molecular formula is C22H26N8O2. The molecule has 166 valence electrons. The third-order valence-electron chi connectivity index (χ3n) is 4.92. The second-order valence-electron chi connectivity index (χ2n) is 7.30. The molecule has 0 radical (unpaired) electrons. The van der Waals surface area contributed by atoms with Gasteiger partial charge in [0.15, 0.2) is 5.82 Å². The standard InChI is InChI=1S/C22H26N8O2/c1-3-20(31)26-17-6-4-5-16(11-17)12-23-21-19(30-7-9-32-10-8-30)14-24-22(28-21)27-18-13-25-29(2)15-18/h3-6,11,13-15H,1,7-10,12H2,2H3,(H,26,31)(H2,23,24,27,28). The van der Waals surface area contributed by atoms with E-state index in [1.165, 1.54) is 6.08 Å². The summed E-state index contributed by atoms with van der Waals surface area (Å²) >= 11 is 0. The Morgan fingerprint density at radius 2 is 2.09 bits per heavy atom. The summed E-state index contributed by atoms with van der Waals surface area (Å²) in [7, 11) is 1.85. The van der Waals surface area contributed by atoms with Gasteiger partial charge in [0, 0.05) is 38.6 Å². The first-order valence-corrected chi connectivity index (χ1v) is 10.3. The number of amides is 1. The van der Waals surface area contributed by atoms with Crippen molar-refractivity contribution in [2.45, 2.75) is 6.54 Å². The molecule has 0 atom stereocenters. The van der Waals surface area contributed by atoms with Crippen molar-refractivity contribution in [3.63, 3.8) is 0 Å². The third-order valence-corrected chi connectivity index (χ3v) is 4.92. The quantitative estimate of drug-likeness (QED) is 0.464. The van der Waals surface area contributed by atoms with Gasteiger partial charge in [-0.3, -0.25) is 9.48 Å². The van der Waals surface area contributed by atoms with E-state index in [1.807, 2.05) is 43.7 Å². The number of rotatable bonds is 8. The van der Waals surface area contributed by atoms with Crippen LogP contribution in [0, 0.1) is 0 Å². The summed E-state index contributed by atoms with van der Waals surface area (Å²) in [5.74, 6) is 0.949. The highest BCUT2D eigenvalue weighted by Crippen LogP contribution is 2.27. The smallest absolute Gasteiger partial charge is 0.247 e. The van der Waals surface area contributed by atoms with Crippen molar-refractivity contribution in [3.8, 4) is 0 Å². The molecule has 1 aliphatic rings. The van der Waals surface area contributed by atoms with Crippen LogP contribution in [0.25, 0.3) is 0 Å². The molecule has 10 heteroatoms. The van der Waals surface area contributed by atoms with Gasteiger partial charge in [-0.15, -0.1) is 0 Å². The number of anilines is 5. The number of morpholine rings is 1. The average molecular weight is 435 g/mol. The molecule has 0 saturated carbocycles. The van der Waals surface area contributed by atoms with Crippen LogP contribution in [0.5, 0.6) is 0 Å². The van der Waals surface area contributed by atoms with Crippen LogP contribution in [-0.2, 0) is 23.1 Å². The van der Waals surface area contributed by atoms with Gasteiger partial charge in [-0.2, -0.15) is 10.1 Å². The van der Waals surface area contributed by atoms with Crippen molar-refractivity contribution in [3.05, 3.63) is 61.1 Å². The Labute approximate surface area is 186 Å². The molecule has 0 aliphatic carbocycles. The second kappa shape index (κ2) is 9.92. The molecule has 3 N–H and O–H groups in total. The lowest BCUT2D eigenvalue weighted by atomic mass is 10.2.